The van der Waals surface area contributed by atoms with Crippen molar-refractivity contribution in [1.29, 1.82) is 0 Å². The summed E-state index contributed by atoms with van der Waals surface area (Å²) in [6, 6.07) is 18.1. The molecule has 0 saturated heterocycles. The Morgan fingerprint density at radius 1 is 0.963 bits per heavy atom. The number of carbonyl (C=O) groups is 2. The molecule has 27 heavy (non-hydrogen) atoms. The number of nitrogens with two attached hydrogens (primary N) is 1. The highest BCUT2D eigenvalue weighted by molar-refractivity contribution is 5.94. The Labute approximate surface area is 161 Å². The van der Waals surface area contributed by atoms with E-state index in [-0.39, 0.29) is 18.2 Å². The molecule has 0 aromatic heterocycles. The first-order valence-electron chi connectivity index (χ1n) is 9.45. The van der Waals surface area contributed by atoms with E-state index in [0.717, 1.165) is 18.4 Å². The van der Waals surface area contributed by atoms with E-state index >= 15 is 0 Å². The van der Waals surface area contributed by atoms with Crippen LogP contribution < -0.4 is 16.4 Å². The molecule has 5 nitrogen and oxygen atoms in total. The van der Waals surface area contributed by atoms with E-state index in [1.807, 2.05) is 62.4 Å². The van der Waals surface area contributed by atoms with Crippen molar-refractivity contribution in [2.24, 2.45) is 5.73 Å². The predicted octanol–water partition coefficient (Wildman–Crippen LogP) is 3.18. The average Bonchev–Trinajstić information content (AvgIpc) is 2.73. The van der Waals surface area contributed by atoms with Crippen molar-refractivity contribution in [2.75, 3.05) is 6.54 Å². The summed E-state index contributed by atoms with van der Waals surface area (Å²) in [4.78, 5) is 25.3. The summed E-state index contributed by atoms with van der Waals surface area (Å²) in [6.07, 6.45) is 1.68. The summed E-state index contributed by atoms with van der Waals surface area (Å²) in [5.41, 5.74) is 6.95. The fourth-order valence-electron chi connectivity index (χ4n) is 3.07. The van der Waals surface area contributed by atoms with Crippen LogP contribution in [-0.4, -0.2) is 23.9 Å². The second-order valence-electron chi connectivity index (χ2n) is 6.75. The zero-order valence-electron chi connectivity index (χ0n) is 16.1. The van der Waals surface area contributed by atoms with E-state index in [4.69, 9.17) is 5.73 Å². The minimum Gasteiger partial charge on any atom is -0.349 e. The van der Waals surface area contributed by atoms with Gasteiger partial charge in [-0.05, 0) is 30.5 Å². The lowest BCUT2D eigenvalue weighted by molar-refractivity contribution is -0.123. The SMILES string of the molecule is CCC(CC)(CN)NC(=O)CC(NC(=O)c1ccccc1)c1ccccc1. The van der Waals surface area contributed by atoms with Crippen LogP contribution in [0.2, 0.25) is 0 Å². The zero-order chi connectivity index (χ0) is 19.7. The van der Waals surface area contributed by atoms with Gasteiger partial charge in [0.05, 0.1) is 18.0 Å². The van der Waals surface area contributed by atoms with Crippen LogP contribution in [-0.2, 0) is 4.79 Å². The van der Waals surface area contributed by atoms with Crippen molar-refractivity contribution in [3.05, 3.63) is 71.8 Å². The maximum Gasteiger partial charge on any atom is 0.251 e. The number of benzene rings is 2. The van der Waals surface area contributed by atoms with Crippen LogP contribution in [0.3, 0.4) is 0 Å². The van der Waals surface area contributed by atoms with Gasteiger partial charge in [-0.25, -0.2) is 0 Å². The lowest BCUT2D eigenvalue weighted by atomic mass is 9.92. The van der Waals surface area contributed by atoms with Gasteiger partial charge in [-0.15, -0.1) is 0 Å². The number of hydrogen-bond acceptors (Lipinski definition) is 3. The summed E-state index contributed by atoms with van der Waals surface area (Å²) in [7, 11) is 0. The fraction of sp³-hybridized carbons (Fsp3) is 0.364. The monoisotopic (exact) mass is 367 g/mol. The molecule has 2 rings (SSSR count). The molecule has 1 unspecified atom stereocenters. The van der Waals surface area contributed by atoms with Gasteiger partial charge < -0.3 is 16.4 Å². The Kier molecular flexibility index (Phi) is 7.55. The normalized spacial score (nSPS) is 12.3. The molecule has 0 aliphatic heterocycles. The number of amides is 2. The van der Waals surface area contributed by atoms with Crippen LogP contribution in [0.5, 0.6) is 0 Å². The molecule has 2 aromatic rings. The first-order chi connectivity index (χ1) is 13.0. The van der Waals surface area contributed by atoms with E-state index in [1.165, 1.54) is 0 Å². The topological polar surface area (TPSA) is 84.2 Å². The van der Waals surface area contributed by atoms with Crippen LogP contribution >= 0.6 is 0 Å². The van der Waals surface area contributed by atoms with Crippen molar-refractivity contribution in [3.63, 3.8) is 0 Å². The first-order valence-corrected chi connectivity index (χ1v) is 9.45. The number of hydrogen-bond donors (Lipinski definition) is 3. The number of nitrogens with one attached hydrogen (secondary N) is 2. The molecule has 0 spiro atoms. The van der Waals surface area contributed by atoms with E-state index in [1.54, 1.807) is 12.1 Å². The maximum atomic E-state index is 12.7. The van der Waals surface area contributed by atoms with Gasteiger partial charge >= 0.3 is 0 Å². The van der Waals surface area contributed by atoms with Crippen molar-refractivity contribution in [2.45, 2.75) is 44.7 Å². The third-order valence-electron chi connectivity index (χ3n) is 5.08. The molecule has 0 saturated carbocycles. The van der Waals surface area contributed by atoms with Crippen LogP contribution in [0.25, 0.3) is 0 Å². The first kappa shape index (κ1) is 20.6. The van der Waals surface area contributed by atoms with Crippen LogP contribution in [0.15, 0.2) is 60.7 Å². The summed E-state index contributed by atoms with van der Waals surface area (Å²) in [6.45, 7) is 4.42. The molecule has 1 atom stereocenters. The molecule has 0 fully saturated rings. The lowest BCUT2D eigenvalue weighted by Gasteiger charge is -2.32. The minimum atomic E-state index is -0.414. The summed E-state index contributed by atoms with van der Waals surface area (Å²) >= 11 is 0. The van der Waals surface area contributed by atoms with Crippen LogP contribution in [0, 0.1) is 0 Å². The molecule has 2 amide bonds. The Morgan fingerprint density at radius 3 is 2.04 bits per heavy atom. The van der Waals surface area contributed by atoms with Gasteiger partial charge in [0.1, 0.15) is 0 Å². The molecule has 2 aromatic carbocycles. The second kappa shape index (κ2) is 9.88. The molecule has 0 bridgehead atoms. The van der Waals surface area contributed by atoms with Crippen molar-refractivity contribution in [3.8, 4) is 0 Å². The Balaban J connectivity index is 2.16. The standard InChI is InChI=1S/C22H29N3O2/c1-3-22(4-2,16-23)25-20(26)15-19(17-11-7-5-8-12-17)24-21(27)18-13-9-6-10-14-18/h5-14,19H,3-4,15-16,23H2,1-2H3,(H,24,27)(H,25,26). The molecular formula is C22H29N3O2. The highest BCUT2D eigenvalue weighted by atomic mass is 16.2. The van der Waals surface area contributed by atoms with Gasteiger partial charge in [-0.1, -0.05) is 62.4 Å². The second-order valence-corrected chi connectivity index (χ2v) is 6.75. The molecule has 144 valence electrons. The van der Waals surface area contributed by atoms with E-state index in [0.29, 0.717) is 12.1 Å². The Bertz CT molecular complexity index is 719. The third-order valence-corrected chi connectivity index (χ3v) is 5.08. The summed E-state index contributed by atoms with van der Waals surface area (Å²) in [5.74, 6) is -0.320. The molecule has 0 aliphatic rings. The van der Waals surface area contributed by atoms with Gasteiger partial charge in [-0.2, -0.15) is 0 Å². The fourth-order valence-corrected chi connectivity index (χ4v) is 3.07. The Hall–Kier alpha value is -2.66. The van der Waals surface area contributed by atoms with Crippen molar-refractivity contribution >= 4 is 11.8 Å². The van der Waals surface area contributed by atoms with E-state index in [9.17, 15) is 9.59 Å². The molecule has 4 N–H and O–H groups in total. The molecule has 0 aliphatic carbocycles. The molecular weight excluding hydrogens is 338 g/mol. The van der Waals surface area contributed by atoms with Crippen LogP contribution in [0.1, 0.15) is 55.1 Å². The maximum absolute atomic E-state index is 12.7. The molecule has 0 heterocycles. The average molecular weight is 367 g/mol. The quantitative estimate of drug-likeness (QED) is 0.636. The zero-order valence-corrected chi connectivity index (χ0v) is 16.1. The number of rotatable bonds is 9. The minimum absolute atomic E-state index is 0.119. The van der Waals surface area contributed by atoms with Gasteiger partial charge in [0.25, 0.3) is 5.91 Å². The molecule has 5 heteroatoms. The predicted molar refractivity (Wildman–Crippen MR) is 108 cm³/mol. The van der Waals surface area contributed by atoms with Gasteiger partial charge in [0, 0.05) is 12.1 Å². The van der Waals surface area contributed by atoms with E-state index < -0.39 is 11.6 Å². The van der Waals surface area contributed by atoms with Gasteiger partial charge in [0.2, 0.25) is 5.91 Å². The van der Waals surface area contributed by atoms with Gasteiger partial charge in [-0.3, -0.25) is 9.59 Å². The van der Waals surface area contributed by atoms with Crippen molar-refractivity contribution in [1.82, 2.24) is 10.6 Å². The van der Waals surface area contributed by atoms with Crippen molar-refractivity contribution < 1.29 is 9.59 Å². The largest absolute Gasteiger partial charge is 0.349 e. The third kappa shape index (κ3) is 5.66. The smallest absolute Gasteiger partial charge is 0.251 e. The number of carbonyl (C=O) groups excluding carboxylic acids is 2. The lowest BCUT2D eigenvalue weighted by Crippen LogP contribution is -2.53. The summed E-state index contributed by atoms with van der Waals surface area (Å²) < 4.78 is 0. The summed E-state index contributed by atoms with van der Waals surface area (Å²) in [5, 5.41) is 6.07. The van der Waals surface area contributed by atoms with Gasteiger partial charge in [0.15, 0.2) is 0 Å². The highest BCUT2D eigenvalue weighted by Crippen LogP contribution is 2.20. The molecule has 0 radical (unpaired) electrons. The highest BCUT2D eigenvalue weighted by Gasteiger charge is 2.28. The Morgan fingerprint density at radius 2 is 1.52 bits per heavy atom. The van der Waals surface area contributed by atoms with E-state index in [2.05, 4.69) is 10.6 Å². The van der Waals surface area contributed by atoms with Crippen LogP contribution in [0.4, 0.5) is 0 Å².